The zero-order valence-electron chi connectivity index (χ0n) is 15.9. The third kappa shape index (κ3) is 4.11. The smallest absolute Gasteiger partial charge is 0.0534 e. The minimum absolute atomic E-state index is 0.773. The molecule has 2 nitrogen and oxygen atoms in total. The Balaban J connectivity index is 1.78. The maximum atomic E-state index is 6.12. The summed E-state index contributed by atoms with van der Waals surface area (Å²) in [7, 11) is 0. The van der Waals surface area contributed by atoms with Crippen molar-refractivity contribution in [1.29, 1.82) is 0 Å². The predicted molar refractivity (Wildman–Crippen MR) is 118 cm³/mol. The van der Waals surface area contributed by atoms with E-state index in [-0.39, 0.29) is 0 Å². The summed E-state index contributed by atoms with van der Waals surface area (Å²) in [6.07, 6.45) is 0. The second-order valence-corrected chi connectivity index (χ2v) is 8.87. The van der Waals surface area contributed by atoms with Gasteiger partial charge in [0, 0.05) is 47.5 Å². The molecular weight excluding hydrogens is 372 g/mol. The summed E-state index contributed by atoms with van der Waals surface area (Å²) in [5, 5.41) is 0.773. The van der Waals surface area contributed by atoms with Crippen LogP contribution >= 0.6 is 23.4 Å². The summed E-state index contributed by atoms with van der Waals surface area (Å²) in [5.74, 6) is 2.48. The number of rotatable bonds is 4. The Kier molecular flexibility index (Phi) is 5.63. The van der Waals surface area contributed by atoms with Gasteiger partial charge in [0.05, 0.1) is 5.69 Å². The Morgan fingerprint density at radius 3 is 2.26 bits per heavy atom. The number of aromatic nitrogens is 1. The molecule has 2 heterocycles. The highest BCUT2D eigenvalue weighted by molar-refractivity contribution is 7.99. The van der Waals surface area contributed by atoms with Crippen LogP contribution in [-0.4, -0.2) is 34.1 Å². The van der Waals surface area contributed by atoms with Gasteiger partial charge in [-0.1, -0.05) is 41.4 Å². The summed E-state index contributed by atoms with van der Waals surface area (Å²) in [6.45, 7) is 7.75. The van der Waals surface area contributed by atoms with Crippen molar-refractivity contribution in [1.82, 2.24) is 9.47 Å². The van der Waals surface area contributed by atoms with Crippen LogP contribution in [0.3, 0.4) is 0 Å². The van der Waals surface area contributed by atoms with Gasteiger partial charge in [0.25, 0.3) is 0 Å². The highest BCUT2D eigenvalue weighted by Crippen LogP contribution is 2.31. The molecule has 0 amide bonds. The van der Waals surface area contributed by atoms with Gasteiger partial charge >= 0.3 is 0 Å². The molecule has 1 saturated heterocycles. The van der Waals surface area contributed by atoms with Crippen LogP contribution in [-0.2, 0) is 6.54 Å². The Hall–Kier alpha value is -1.68. The van der Waals surface area contributed by atoms with Crippen molar-refractivity contribution in [2.75, 3.05) is 24.6 Å². The molecule has 0 saturated carbocycles. The second-order valence-electron chi connectivity index (χ2n) is 7.21. The maximum Gasteiger partial charge on any atom is 0.0534 e. The van der Waals surface area contributed by atoms with E-state index < -0.39 is 0 Å². The van der Waals surface area contributed by atoms with E-state index in [4.69, 9.17) is 11.6 Å². The Morgan fingerprint density at radius 1 is 0.926 bits per heavy atom. The molecule has 0 bridgehead atoms. The van der Waals surface area contributed by atoms with Gasteiger partial charge in [0.1, 0.15) is 0 Å². The number of hydrogen-bond donors (Lipinski definition) is 0. The molecule has 0 radical (unpaired) electrons. The first kappa shape index (κ1) is 18.7. The van der Waals surface area contributed by atoms with Crippen molar-refractivity contribution >= 4 is 23.4 Å². The topological polar surface area (TPSA) is 8.17 Å². The van der Waals surface area contributed by atoms with E-state index in [0.717, 1.165) is 11.6 Å². The van der Waals surface area contributed by atoms with Gasteiger partial charge in [-0.2, -0.15) is 11.8 Å². The molecule has 1 aromatic heterocycles. The number of halogens is 1. The summed E-state index contributed by atoms with van der Waals surface area (Å²) < 4.78 is 2.39. The largest absolute Gasteiger partial charge is 0.314 e. The molecule has 0 unspecified atom stereocenters. The van der Waals surface area contributed by atoms with Gasteiger partial charge in [-0.3, -0.25) is 4.90 Å². The lowest BCUT2D eigenvalue weighted by atomic mass is 10.1. The van der Waals surface area contributed by atoms with Crippen molar-refractivity contribution in [3.05, 3.63) is 76.4 Å². The molecule has 3 aromatic rings. The van der Waals surface area contributed by atoms with Crippen LogP contribution in [0.1, 0.15) is 16.8 Å². The van der Waals surface area contributed by atoms with Gasteiger partial charge in [0.15, 0.2) is 0 Å². The van der Waals surface area contributed by atoms with E-state index in [0.29, 0.717) is 0 Å². The van der Waals surface area contributed by atoms with Crippen LogP contribution in [0.25, 0.3) is 16.9 Å². The fourth-order valence-electron chi connectivity index (χ4n) is 3.68. The van der Waals surface area contributed by atoms with Gasteiger partial charge < -0.3 is 4.57 Å². The first-order valence-electron chi connectivity index (χ1n) is 9.46. The van der Waals surface area contributed by atoms with Crippen LogP contribution in [0.4, 0.5) is 0 Å². The lowest BCUT2D eigenvalue weighted by molar-refractivity contribution is 0.294. The molecule has 0 spiro atoms. The average Bonchev–Trinajstić information content (AvgIpc) is 3.00. The van der Waals surface area contributed by atoms with Crippen molar-refractivity contribution in [2.24, 2.45) is 0 Å². The van der Waals surface area contributed by atoms with E-state index >= 15 is 0 Å². The standard InChI is InChI=1S/C23H25ClN2S/c1-17-3-9-22(10-4-17)26-18(2)20(16-25-11-13-27-14-12-25)15-23(26)19-5-7-21(24)8-6-19/h3-10,15H,11-14,16H2,1-2H3. The minimum Gasteiger partial charge on any atom is -0.314 e. The van der Waals surface area contributed by atoms with E-state index in [2.05, 4.69) is 77.5 Å². The van der Waals surface area contributed by atoms with Gasteiger partial charge in [0.2, 0.25) is 0 Å². The van der Waals surface area contributed by atoms with Crippen molar-refractivity contribution in [3.63, 3.8) is 0 Å². The van der Waals surface area contributed by atoms with Gasteiger partial charge in [-0.05, 0) is 55.3 Å². The number of thioether (sulfide) groups is 1. The molecule has 0 N–H and O–H groups in total. The van der Waals surface area contributed by atoms with Crippen LogP contribution in [0.15, 0.2) is 54.6 Å². The quantitative estimate of drug-likeness (QED) is 0.537. The van der Waals surface area contributed by atoms with Crippen LogP contribution in [0.5, 0.6) is 0 Å². The molecule has 4 heteroatoms. The normalized spacial score (nSPS) is 15.2. The maximum absolute atomic E-state index is 6.12. The Labute approximate surface area is 171 Å². The fraction of sp³-hybridized carbons (Fsp3) is 0.304. The molecule has 1 aliphatic rings. The summed E-state index contributed by atoms with van der Waals surface area (Å²) in [6, 6.07) is 19.3. The monoisotopic (exact) mass is 396 g/mol. The zero-order chi connectivity index (χ0) is 18.8. The third-order valence-corrected chi connectivity index (χ3v) is 6.48. The van der Waals surface area contributed by atoms with Gasteiger partial charge in [-0.25, -0.2) is 0 Å². The number of aryl methyl sites for hydroxylation is 1. The SMILES string of the molecule is Cc1ccc(-n2c(-c3ccc(Cl)cc3)cc(CN3CCSCC3)c2C)cc1. The predicted octanol–water partition coefficient (Wildman–Crippen LogP) is 5.96. The first-order valence-corrected chi connectivity index (χ1v) is 11.0. The van der Waals surface area contributed by atoms with Crippen LogP contribution in [0, 0.1) is 13.8 Å². The van der Waals surface area contributed by atoms with Crippen LogP contribution < -0.4 is 0 Å². The molecule has 2 aromatic carbocycles. The van der Waals surface area contributed by atoms with E-state index in [1.54, 1.807) is 0 Å². The second kappa shape index (κ2) is 8.14. The average molecular weight is 397 g/mol. The first-order chi connectivity index (χ1) is 13.1. The summed E-state index contributed by atoms with van der Waals surface area (Å²) in [4.78, 5) is 2.57. The third-order valence-electron chi connectivity index (χ3n) is 5.28. The number of nitrogens with zero attached hydrogens (tertiary/aromatic N) is 2. The summed E-state index contributed by atoms with van der Waals surface area (Å²) in [5.41, 5.74) is 7.65. The molecule has 140 valence electrons. The lowest BCUT2D eigenvalue weighted by Gasteiger charge is -2.26. The van der Waals surface area contributed by atoms with E-state index in [1.165, 1.54) is 58.4 Å². The number of benzene rings is 2. The molecule has 0 aliphatic carbocycles. The molecule has 0 atom stereocenters. The lowest BCUT2D eigenvalue weighted by Crippen LogP contribution is -2.32. The molecule has 4 rings (SSSR count). The van der Waals surface area contributed by atoms with E-state index in [9.17, 15) is 0 Å². The highest BCUT2D eigenvalue weighted by atomic mass is 35.5. The van der Waals surface area contributed by atoms with Gasteiger partial charge in [-0.15, -0.1) is 0 Å². The number of hydrogen-bond acceptors (Lipinski definition) is 2. The molecule has 1 fully saturated rings. The Bertz CT molecular complexity index is 907. The van der Waals surface area contributed by atoms with Crippen molar-refractivity contribution < 1.29 is 0 Å². The van der Waals surface area contributed by atoms with Crippen LogP contribution in [0.2, 0.25) is 5.02 Å². The highest BCUT2D eigenvalue weighted by Gasteiger charge is 2.18. The Morgan fingerprint density at radius 2 is 1.59 bits per heavy atom. The molecule has 27 heavy (non-hydrogen) atoms. The van der Waals surface area contributed by atoms with Crippen molar-refractivity contribution in [3.8, 4) is 16.9 Å². The van der Waals surface area contributed by atoms with E-state index in [1.807, 2.05) is 12.1 Å². The fourth-order valence-corrected chi connectivity index (χ4v) is 4.78. The molecule has 1 aliphatic heterocycles. The van der Waals surface area contributed by atoms with Crippen molar-refractivity contribution in [2.45, 2.75) is 20.4 Å². The minimum atomic E-state index is 0.773. The summed E-state index contributed by atoms with van der Waals surface area (Å²) >= 11 is 8.18. The zero-order valence-corrected chi connectivity index (χ0v) is 17.5. The molecular formula is C23H25ClN2S.